The van der Waals surface area contributed by atoms with Gasteiger partial charge >= 0.3 is 0 Å². The fourth-order valence-corrected chi connectivity index (χ4v) is 3.34. The maximum Gasteiger partial charge on any atom is 0.227 e. The molecule has 1 aliphatic heterocycles. The molecule has 0 radical (unpaired) electrons. The smallest absolute Gasteiger partial charge is 0.227 e. The minimum atomic E-state index is -0.0955. The van der Waals surface area contributed by atoms with Crippen LogP contribution in [0.15, 0.2) is 60.7 Å². The predicted octanol–water partition coefficient (Wildman–Crippen LogP) is 4.45. The molecule has 2 N–H and O–H groups in total. The quantitative estimate of drug-likeness (QED) is 0.692. The number of hydrogen-bond acceptors (Lipinski definition) is 5. The number of rotatable bonds is 5. The summed E-state index contributed by atoms with van der Waals surface area (Å²) in [5.41, 5.74) is 3.55. The largest absolute Gasteiger partial charge is 0.341 e. The van der Waals surface area contributed by atoms with Crippen LogP contribution in [-0.2, 0) is 4.79 Å². The Kier molecular flexibility index (Phi) is 5.19. The number of carbonyl (C=O) groups is 1. The number of hydrogen-bond donors (Lipinski definition) is 2. The van der Waals surface area contributed by atoms with Gasteiger partial charge in [0.25, 0.3) is 0 Å². The van der Waals surface area contributed by atoms with Crippen molar-refractivity contribution in [2.45, 2.75) is 19.8 Å². The van der Waals surface area contributed by atoms with Crippen LogP contribution in [0.4, 0.5) is 23.1 Å². The Labute approximate surface area is 164 Å². The molecule has 1 amide bonds. The number of amides is 1. The lowest BCUT2D eigenvalue weighted by Gasteiger charge is -2.18. The lowest BCUT2D eigenvalue weighted by molar-refractivity contribution is -0.114. The maximum absolute atomic E-state index is 11.3. The third kappa shape index (κ3) is 4.28. The molecule has 4 rings (SSSR count). The Morgan fingerprint density at radius 3 is 2.43 bits per heavy atom. The average molecular weight is 373 g/mol. The molecule has 0 atom stereocenters. The van der Waals surface area contributed by atoms with Crippen LogP contribution in [0.3, 0.4) is 0 Å². The van der Waals surface area contributed by atoms with Crippen LogP contribution >= 0.6 is 0 Å². The van der Waals surface area contributed by atoms with Gasteiger partial charge in [0, 0.05) is 43.0 Å². The summed E-state index contributed by atoms with van der Waals surface area (Å²) in [4.78, 5) is 23.1. The minimum Gasteiger partial charge on any atom is -0.341 e. The van der Waals surface area contributed by atoms with E-state index in [1.807, 2.05) is 48.5 Å². The van der Waals surface area contributed by atoms with Crippen LogP contribution in [0, 0.1) is 0 Å². The van der Waals surface area contributed by atoms with Crippen molar-refractivity contribution in [3.05, 3.63) is 60.7 Å². The summed E-state index contributed by atoms with van der Waals surface area (Å²) in [6.45, 7) is 3.46. The van der Waals surface area contributed by atoms with Gasteiger partial charge in [-0.05, 0) is 31.0 Å². The van der Waals surface area contributed by atoms with Crippen molar-refractivity contribution in [3.8, 4) is 11.3 Å². The molecule has 0 spiro atoms. The highest BCUT2D eigenvalue weighted by Crippen LogP contribution is 2.27. The van der Waals surface area contributed by atoms with Gasteiger partial charge in [0.15, 0.2) is 0 Å². The van der Waals surface area contributed by atoms with Crippen molar-refractivity contribution >= 4 is 29.0 Å². The van der Waals surface area contributed by atoms with Gasteiger partial charge in [-0.1, -0.05) is 36.4 Å². The van der Waals surface area contributed by atoms with Crippen LogP contribution in [0.25, 0.3) is 11.3 Å². The summed E-state index contributed by atoms with van der Waals surface area (Å²) in [6.07, 6.45) is 2.33. The highest BCUT2D eigenvalue weighted by atomic mass is 16.1. The van der Waals surface area contributed by atoms with Crippen molar-refractivity contribution < 1.29 is 4.79 Å². The van der Waals surface area contributed by atoms with E-state index >= 15 is 0 Å². The van der Waals surface area contributed by atoms with Crippen molar-refractivity contribution in [1.29, 1.82) is 0 Å². The van der Waals surface area contributed by atoms with Crippen molar-refractivity contribution in [2.75, 3.05) is 28.6 Å². The van der Waals surface area contributed by atoms with E-state index < -0.39 is 0 Å². The second-order valence-electron chi connectivity index (χ2n) is 6.89. The fraction of sp³-hybridized carbons (Fsp3) is 0.227. The van der Waals surface area contributed by atoms with Crippen LogP contribution in [-0.4, -0.2) is 29.0 Å². The highest BCUT2D eigenvalue weighted by molar-refractivity contribution is 5.89. The van der Waals surface area contributed by atoms with Crippen LogP contribution in [0.1, 0.15) is 19.8 Å². The molecule has 0 aliphatic carbocycles. The summed E-state index contributed by atoms with van der Waals surface area (Å²) in [6, 6.07) is 19.7. The van der Waals surface area contributed by atoms with Gasteiger partial charge in [-0.3, -0.25) is 4.79 Å². The number of carbonyl (C=O) groups excluding carboxylic acids is 1. The molecular formula is C22H23N5O. The molecule has 0 bridgehead atoms. The summed E-state index contributed by atoms with van der Waals surface area (Å²) < 4.78 is 0. The second-order valence-corrected chi connectivity index (χ2v) is 6.89. The first-order valence-electron chi connectivity index (χ1n) is 9.51. The summed E-state index contributed by atoms with van der Waals surface area (Å²) in [7, 11) is 0. The molecule has 0 saturated carbocycles. The monoisotopic (exact) mass is 373 g/mol. The van der Waals surface area contributed by atoms with Crippen LogP contribution in [0.2, 0.25) is 0 Å². The molecule has 142 valence electrons. The molecule has 0 unspecified atom stereocenters. The average Bonchev–Trinajstić information content (AvgIpc) is 3.23. The zero-order chi connectivity index (χ0) is 19.3. The Hall–Kier alpha value is -3.41. The van der Waals surface area contributed by atoms with E-state index in [4.69, 9.17) is 9.97 Å². The highest BCUT2D eigenvalue weighted by Gasteiger charge is 2.17. The Balaban J connectivity index is 1.67. The van der Waals surface area contributed by atoms with Gasteiger partial charge in [0.2, 0.25) is 11.9 Å². The second kappa shape index (κ2) is 8.08. The SMILES string of the molecule is CC(=O)Nc1cccc(Nc2cc(-c3ccccc3)nc(N3CCCC3)n2)c1. The molecule has 6 nitrogen and oxygen atoms in total. The molecule has 2 aromatic carbocycles. The third-order valence-electron chi connectivity index (χ3n) is 4.63. The van der Waals surface area contributed by atoms with Gasteiger partial charge < -0.3 is 15.5 Å². The zero-order valence-electron chi connectivity index (χ0n) is 15.9. The van der Waals surface area contributed by atoms with Gasteiger partial charge in [0.1, 0.15) is 5.82 Å². The first-order valence-corrected chi connectivity index (χ1v) is 9.51. The molecule has 2 heterocycles. The van der Waals surface area contributed by atoms with Crippen LogP contribution in [0.5, 0.6) is 0 Å². The first-order chi connectivity index (χ1) is 13.7. The first kappa shape index (κ1) is 18.0. The van der Waals surface area contributed by atoms with Gasteiger partial charge in [-0.15, -0.1) is 0 Å². The number of nitrogens with one attached hydrogen (secondary N) is 2. The number of benzene rings is 2. The summed E-state index contributed by atoms with van der Waals surface area (Å²) >= 11 is 0. The van der Waals surface area contributed by atoms with E-state index in [9.17, 15) is 4.79 Å². The van der Waals surface area contributed by atoms with E-state index in [0.717, 1.165) is 47.5 Å². The molecule has 1 aliphatic rings. The topological polar surface area (TPSA) is 70.2 Å². The van der Waals surface area contributed by atoms with E-state index in [-0.39, 0.29) is 5.91 Å². The summed E-state index contributed by atoms with van der Waals surface area (Å²) in [5, 5.41) is 6.17. The van der Waals surface area contributed by atoms with Gasteiger partial charge in [-0.25, -0.2) is 4.98 Å². The maximum atomic E-state index is 11.3. The molecule has 1 fully saturated rings. The van der Waals surface area contributed by atoms with E-state index in [2.05, 4.69) is 27.7 Å². The molecule has 1 saturated heterocycles. The molecule has 1 aromatic heterocycles. The van der Waals surface area contributed by atoms with Gasteiger partial charge in [0.05, 0.1) is 5.69 Å². The minimum absolute atomic E-state index is 0.0955. The van der Waals surface area contributed by atoms with E-state index in [0.29, 0.717) is 0 Å². The lowest BCUT2D eigenvalue weighted by Crippen LogP contribution is -2.21. The Bertz CT molecular complexity index is 968. The fourth-order valence-electron chi connectivity index (χ4n) is 3.34. The number of nitrogens with zero attached hydrogens (tertiary/aromatic N) is 3. The van der Waals surface area contributed by atoms with Crippen LogP contribution < -0.4 is 15.5 Å². The Morgan fingerprint density at radius 1 is 0.929 bits per heavy atom. The van der Waals surface area contributed by atoms with E-state index in [1.165, 1.54) is 19.8 Å². The number of aromatic nitrogens is 2. The summed E-state index contributed by atoms with van der Waals surface area (Å²) in [5.74, 6) is 1.39. The molecule has 3 aromatic rings. The zero-order valence-corrected chi connectivity index (χ0v) is 15.9. The molecular weight excluding hydrogens is 350 g/mol. The van der Waals surface area contributed by atoms with Gasteiger partial charge in [-0.2, -0.15) is 4.98 Å². The predicted molar refractivity (Wildman–Crippen MR) is 113 cm³/mol. The normalized spacial score (nSPS) is 13.4. The lowest BCUT2D eigenvalue weighted by atomic mass is 10.1. The molecule has 6 heteroatoms. The van der Waals surface area contributed by atoms with Crippen molar-refractivity contribution in [2.24, 2.45) is 0 Å². The third-order valence-corrected chi connectivity index (χ3v) is 4.63. The van der Waals surface area contributed by atoms with Crippen molar-refractivity contribution in [3.63, 3.8) is 0 Å². The standard InChI is InChI=1S/C22H23N5O/c1-16(28)23-18-10-7-11-19(14-18)24-21-15-20(17-8-3-2-4-9-17)25-22(26-21)27-12-5-6-13-27/h2-4,7-11,14-15H,5-6,12-13H2,1H3,(H,23,28)(H,24,25,26). The Morgan fingerprint density at radius 2 is 1.68 bits per heavy atom. The number of anilines is 4. The molecule has 28 heavy (non-hydrogen) atoms. The van der Waals surface area contributed by atoms with E-state index in [1.54, 1.807) is 0 Å². The van der Waals surface area contributed by atoms with Crippen molar-refractivity contribution in [1.82, 2.24) is 9.97 Å².